The number of hydrogen-bond acceptors (Lipinski definition) is 9. The van der Waals surface area contributed by atoms with Crippen molar-refractivity contribution in [2.75, 3.05) is 41.7 Å². The molecule has 0 spiro atoms. The highest BCUT2D eigenvalue weighted by Gasteiger charge is 2.20. The maximum Gasteiger partial charge on any atom is 0.227 e. The number of hydrogen-bond donors (Lipinski definition) is 3. The lowest BCUT2D eigenvalue weighted by atomic mass is 10.1. The normalized spacial score (nSPS) is 16.3. The van der Waals surface area contributed by atoms with Crippen molar-refractivity contribution in [1.29, 1.82) is 5.26 Å². The number of rotatable bonds is 6. The minimum absolute atomic E-state index is 0.454. The van der Waals surface area contributed by atoms with Crippen molar-refractivity contribution in [3.8, 4) is 17.3 Å². The summed E-state index contributed by atoms with van der Waals surface area (Å²) >= 11 is 0. The summed E-state index contributed by atoms with van der Waals surface area (Å²) in [7, 11) is 0. The zero-order chi connectivity index (χ0) is 23.3. The maximum atomic E-state index is 9.69. The van der Waals surface area contributed by atoms with Gasteiger partial charge in [-0.1, -0.05) is 12.2 Å². The third-order valence-electron chi connectivity index (χ3n) is 6.10. The fourth-order valence-corrected chi connectivity index (χ4v) is 4.27. The molecule has 3 aromatic rings. The van der Waals surface area contributed by atoms with E-state index in [1.165, 1.54) is 0 Å². The van der Waals surface area contributed by atoms with Gasteiger partial charge in [0.25, 0.3) is 0 Å². The quantitative estimate of drug-likeness (QED) is 0.483. The molecule has 0 aliphatic carbocycles. The van der Waals surface area contributed by atoms with Crippen LogP contribution in [0.2, 0.25) is 0 Å². The van der Waals surface area contributed by atoms with Crippen LogP contribution in [0, 0.1) is 11.3 Å². The van der Waals surface area contributed by atoms with E-state index in [9.17, 15) is 5.26 Å². The number of nitrogens with zero attached hydrogens (tertiary/aromatic N) is 6. The molecular weight excluding hydrogens is 426 g/mol. The van der Waals surface area contributed by atoms with Crippen LogP contribution in [-0.4, -0.2) is 52.2 Å². The molecule has 2 aliphatic heterocycles. The molecule has 5 rings (SSSR count). The summed E-state index contributed by atoms with van der Waals surface area (Å²) in [6.45, 7) is 7.68. The standard InChI is InChI=1S/C25H27N9/c1-17-7-11-34(16-17)24-18(13-26)12-19(14-30-24)22-6-10-28-25(33-22)32-21-2-3-23(29-15-21)31-20-4-8-27-9-5-20/h2-3,6,10,12,14-15,20,27H,1,4-5,7-9,11,16H2,(H,29,31)(H,28,32,33). The summed E-state index contributed by atoms with van der Waals surface area (Å²) in [5, 5.41) is 19.8. The summed E-state index contributed by atoms with van der Waals surface area (Å²) in [5.74, 6) is 2.02. The minimum Gasteiger partial charge on any atom is -0.367 e. The molecule has 0 saturated carbocycles. The molecule has 2 saturated heterocycles. The lowest BCUT2D eigenvalue weighted by molar-refractivity contribution is 0.478. The number of aromatic nitrogens is 4. The van der Waals surface area contributed by atoms with Crippen LogP contribution in [0.1, 0.15) is 24.8 Å². The molecule has 0 aromatic carbocycles. The molecule has 0 amide bonds. The first-order chi connectivity index (χ1) is 16.7. The molecule has 34 heavy (non-hydrogen) atoms. The van der Waals surface area contributed by atoms with Gasteiger partial charge in [-0.15, -0.1) is 0 Å². The minimum atomic E-state index is 0.454. The molecule has 172 valence electrons. The van der Waals surface area contributed by atoms with Crippen LogP contribution < -0.4 is 20.9 Å². The first-order valence-electron chi connectivity index (χ1n) is 11.5. The van der Waals surface area contributed by atoms with Crippen molar-refractivity contribution in [3.63, 3.8) is 0 Å². The zero-order valence-electron chi connectivity index (χ0n) is 19.0. The summed E-state index contributed by atoms with van der Waals surface area (Å²) in [6, 6.07) is 10.3. The lowest BCUT2D eigenvalue weighted by Gasteiger charge is -2.24. The Morgan fingerprint density at radius 1 is 1.12 bits per heavy atom. The third kappa shape index (κ3) is 4.97. The van der Waals surface area contributed by atoms with Crippen LogP contribution in [0.3, 0.4) is 0 Å². The SMILES string of the molecule is C=C1CCN(c2ncc(-c3ccnc(Nc4ccc(NC5CCNCC5)nc4)n3)cc2C#N)C1. The van der Waals surface area contributed by atoms with Crippen LogP contribution in [0.15, 0.2) is 55.0 Å². The van der Waals surface area contributed by atoms with Crippen molar-refractivity contribution in [2.24, 2.45) is 0 Å². The van der Waals surface area contributed by atoms with Crippen LogP contribution in [-0.2, 0) is 0 Å². The van der Waals surface area contributed by atoms with E-state index in [0.717, 1.165) is 68.1 Å². The van der Waals surface area contributed by atoms with Crippen LogP contribution >= 0.6 is 0 Å². The van der Waals surface area contributed by atoms with Gasteiger partial charge < -0.3 is 20.9 Å². The Bertz CT molecular complexity index is 1210. The third-order valence-corrected chi connectivity index (χ3v) is 6.10. The van der Waals surface area contributed by atoms with E-state index < -0.39 is 0 Å². The Labute approximate surface area is 199 Å². The molecule has 0 bridgehead atoms. The van der Waals surface area contributed by atoms with Gasteiger partial charge in [-0.05, 0) is 56.6 Å². The first kappa shape index (κ1) is 21.8. The van der Waals surface area contributed by atoms with Gasteiger partial charge in [-0.2, -0.15) is 5.26 Å². The smallest absolute Gasteiger partial charge is 0.227 e. The molecular formula is C25H27N9. The average molecular weight is 454 g/mol. The Morgan fingerprint density at radius 3 is 2.74 bits per heavy atom. The van der Waals surface area contributed by atoms with Crippen LogP contribution in [0.25, 0.3) is 11.3 Å². The molecule has 2 aliphatic rings. The van der Waals surface area contributed by atoms with Crippen molar-refractivity contribution >= 4 is 23.3 Å². The second-order valence-corrected chi connectivity index (χ2v) is 8.62. The second kappa shape index (κ2) is 9.85. The number of piperidine rings is 1. The fourth-order valence-electron chi connectivity index (χ4n) is 4.27. The van der Waals surface area contributed by atoms with E-state index in [4.69, 9.17) is 0 Å². The predicted molar refractivity (Wildman–Crippen MR) is 133 cm³/mol. The summed E-state index contributed by atoms with van der Waals surface area (Å²) in [4.78, 5) is 20.1. The maximum absolute atomic E-state index is 9.69. The topological polar surface area (TPSA) is 115 Å². The van der Waals surface area contributed by atoms with E-state index >= 15 is 0 Å². The van der Waals surface area contributed by atoms with Crippen LogP contribution in [0.4, 0.5) is 23.3 Å². The van der Waals surface area contributed by atoms with Gasteiger partial charge in [-0.3, -0.25) is 0 Å². The van der Waals surface area contributed by atoms with Crippen LogP contribution in [0.5, 0.6) is 0 Å². The number of nitrogens with one attached hydrogen (secondary N) is 3. The summed E-state index contributed by atoms with van der Waals surface area (Å²) < 4.78 is 0. The summed E-state index contributed by atoms with van der Waals surface area (Å²) in [5.41, 5.74) is 3.94. The van der Waals surface area contributed by atoms with Gasteiger partial charge in [0, 0.05) is 37.1 Å². The number of pyridine rings is 2. The van der Waals surface area contributed by atoms with Crippen molar-refractivity contribution < 1.29 is 0 Å². The zero-order valence-corrected chi connectivity index (χ0v) is 19.0. The van der Waals surface area contributed by atoms with Crippen molar-refractivity contribution in [2.45, 2.75) is 25.3 Å². The van der Waals surface area contributed by atoms with Gasteiger partial charge in [-0.25, -0.2) is 19.9 Å². The Hall–Kier alpha value is -4.03. The van der Waals surface area contributed by atoms with Crippen molar-refractivity contribution in [3.05, 3.63) is 60.6 Å². The van der Waals surface area contributed by atoms with E-state index in [-0.39, 0.29) is 0 Å². The highest BCUT2D eigenvalue weighted by molar-refractivity contribution is 5.67. The van der Waals surface area contributed by atoms with E-state index in [1.54, 1.807) is 18.6 Å². The molecule has 0 atom stereocenters. The van der Waals surface area contributed by atoms with E-state index in [0.29, 0.717) is 29.1 Å². The average Bonchev–Trinajstić information content (AvgIpc) is 3.31. The number of nitriles is 1. The molecule has 0 radical (unpaired) electrons. The van der Waals surface area contributed by atoms with Gasteiger partial charge in [0.1, 0.15) is 17.7 Å². The Balaban J connectivity index is 1.29. The molecule has 9 nitrogen and oxygen atoms in total. The summed E-state index contributed by atoms with van der Waals surface area (Å²) in [6.07, 6.45) is 8.34. The molecule has 3 aromatic heterocycles. The number of anilines is 4. The monoisotopic (exact) mass is 453 g/mol. The van der Waals surface area contributed by atoms with Crippen molar-refractivity contribution in [1.82, 2.24) is 25.3 Å². The highest BCUT2D eigenvalue weighted by Crippen LogP contribution is 2.28. The Morgan fingerprint density at radius 2 is 2.00 bits per heavy atom. The lowest BCUT2D eigenvalue weighted by Crippen LogP contribution is -2.35. The molecule has 2 fully saturated rings. The molecule has 9 heteroatoms. The molecule has 0 unspecified atom stereocenters. The van der Waals surface area contributed by atoms with Gasteiger partial charge >= 0.3 is 0 Å². The predicted octanol–water partition coefficient (Wildman–Crippen LogP) is 3.48. The molecule has 3 N–H and O–H groups in total. The Kier molecular flexibility index (Phi) is 6.31. The second-order valence-electron chi connectivity index (χ2n) is 8.62. The van der Waals surface area contributed by atoms with Gasteiger partial charge in [0.2, 0.25) is 5.95 Å². The fraction of sp³-hybridized carbons (Fsp3) is 0.320. The molecule has 5 heterocycles. The van der Waals surface area contributed by atoms with E-state index in [1.807, 2.05) is 24.3 Å². The van der Waals surface area contributed by atoms with Gasteiger partial charge in [0.05, 0.1) is 23.1 Å². The largest absolute Gasteiger partial charge is 0.367 e. The first-order valence-corrected chi connectivity index (χ1v) is 11.5. The van der Waals surface area contributed by atoms with Gasteiger partial charge in [0.15, 0.2) is 0 Å². The highest BCUT2D eigenvalue weighted by atomic mass is 15.2. The van der Waals surface area contributed by atoms with E-state index in [2.05, 4.69) is 53.4 Å².